The van der Waals surface area contributed by atoms with Crippen LogP contribution in [0.4, 0.5) is 0 Å². The van der Waals surface area contributed by atoms with Gasteiger partial charge < -0.3 is 4.98 Å². The molecule has 0 saturated carbocycles. The number of aromatic amines is 1. The van der Waals surface area contributed by atoms with Crippen molar-refractivity contribution in [2.75, 3.05) is 0 Å². The number of hydrogen-bond acceptors (Lipinski definition) is 1. The predicted octanol–water partition coefficient (Wildman–Crippen LogP) is 3.49. The maximum absolute atomic E-state index is 5.90. The van der Waals surface area contributed by atoms with E-state index in [0.717, 1.165) is 15.9 Å². The summed E-state index contributed by atoms with van der Waals surface area (Å²) in [6, 6.07) is 5.67. The van der Waals surface area contributed by atoms with E-state index < -0.39 is 0 Å². The van der Waals surface area contributed by atoms with Crippen LogP contribution in [0.1, 0.15) is 0 Å². The van der Waals surface area contributed by atoms with E-state index in [1.54, 1.807) is 12.4 Å². The summed E-state index contributed by atoms with van der Waals surface area (Å²) in [5.74, 6) is 0.822. The highest BCUT2D eigenvalue weighted by Gasteiger charge is 2.01. The van der Waals surface area contributed by atoms with Crippen molar-refractivity contribution < 1.29 is 0 Å². The van der Waals surface area contributed by atoms with Gasteiger partial charge in [0.15, 0.2) is 0 Å². The number of benzene rings is 1. The third-order valence-electron chi connectivity index (χ3n) is 1.63. The average molecular weight is 258 g/mol. The number of halogens is 2. The van der Waals surface area contributed by atoms with Gasteiger partial charge in [0, 0.05) is 27.5 Å². The number of aromatic nitrogens is 2. The molecule has 2 aromatic rings. The first-order chi connectivity index (χ1) is 6.25. The molecule has 0 atom stereocenters. The molecule has 1 aromatic heterocycles. The molecule has 0 aliphatic carbocycles. The van der Waals surface area contributed by atoms with E-state index in [1.165, 1.54) is 0 Å². The first-order valence-corrected chi connectivity index (χ1v) is 4.88. The van der Waals surface area contributed by atoms with Gasteiger partial charge in [0.1, 0.15) is 5.82 Å². The average Bonchev–Trinajstić information content (AvgIpc) is 2.53. The molecule has 0 bridgehead atoms. The van der Waals surface area contributed by atoms with E-state index in [2.05, 4.69) is 25.9 Å². The smallest absolute Gasteiger partial charge is 0.137 e. The zero-order valence-electron chi connectivity index (χ0n) is 6.59. The Morgan fingerprint density at radius 2 is 2.15 bits per heavy atom. The highest BCUT2D eigenvalue weighted by molar-refractivity contribution is 9.10. The summed E-state index contributed by atoms with van der Waals surface area (Å²) in [7, 11) is 0. The number of rotatable bonds is 1. The molecular weight excluding hydrogens is 251 g/mol. The largest absolute Gasteiger partial charge is 0.345 e. The SMILES string of the molecule is Clc1cc(Br)cc(-c2ncc[nH]2)c1. The van der Waals surface area contributed by atoms with Crippen molar-refractivity contribution in [3.05, 3.63) is 40.1 Å². The lowest BCUT2D eigenvalue weighted by Gasteiger charge is -1.98. The number of hydrogen-bond donors (Lipinski definition) is 1. The molecule has 1 N–H and O–H groups in total. The molecule has 0 spiro atoms. The Labute approximate surface area is 89.1 Å². The monoisotopic (exact) mass is 256 g/mol. The zero-order valence-corrected chi connectivity index (χ0v) is 8.93. The minimum Gasteiger partial charge on any atom is -0.345 e. The Morgan fingerprint density at radius 1 is 1.31 bits per heavy atom. The van der Waals surface area contributed by atoms with E-state index in [4.69, 9.17) is 11.6 Å². The molecule has 1 heterocycles. The molecule has 1 aromatic carbocycles. The molecule has 0 fully saturated rings. The van der Waals surface area contributed by atoms with Gasteiger partial charge in [-0.15, -0.1) is 0 Å². The molecule has 0 saturated heterocycles. The van der Waals surface area contributed by atoms with Gasteiger partial charge >= 0.3 is 0 Å². The van der Waals surface area contributed by atoms with Crippen molar-refractivity contribution in [3.8, 4) is 11.4 Å². The fourth-order valence-electron chi connectivity index (χ4n) is 1.11. The highest BCUT2D eigenvalue weighted by atomic mass is 79.9. The molecule has 4 heteroatoms. The highest BCUT2D eigenvalue weighted by Crippen LogP contribution is 2.24. The first kappa shape index (κ1) is 8.78. The first-order valence-electron chi connectivity index (χ1n) is 3.71. The second-order valence-corrected chi connectivity index (χ2v) is 3.95. The summed E-state index contributed by atoms with van der Waals surface area (Å²) in [4.78, 5) is 7.15. The van der Waals surface area contributed by atoms with Crippen LogP contribution >= 0.6 is 27.5 Å². The lowest BCUT2D eigenvalue weighted by atomic mass is 10.2. The Balaban J connectivity index is 2.53. The van der Waals surface area contributed by atoms with Gasteiger partial charge in [-0.1, -0.05) is 27.5 Å². The van der Waals surface area contributed by atoms with Gasteiger partial charge in [-0.25, -0.2) is 4.98 Å². The molecule has 0 radical (unpaired) electrons. The second kappa shape index (κ2) is 3.52. The van der Waals surface area contributed by atoms with E-state index in [1.807, 2.05) is 18.2 Å². The molecule has 13 heavy (non-hydrogen) atoms. The summed E-state index contributed by atoms with van der Waals surface area (Å²) in [6.07, 6.45) is 3.49. The number of nitrogens with zero attached hydrogens (tertiary/aromatic N) is 1. The van der Waals surface area contributed by atoms with Gasteiger partial charge in [-0.2, -0.15) is 0 Å². The molecule has 0 aliphatic heterocycles. The molecule has 0 aliphatic rings. The fraction of sp³-hybridized carbons (Fsp3) is 0. The summed E-state index contributed by atoms with van der Waals surface area (Å²) in [6.45, 7) is 0. The van der Waals surface area contributed by atoms with Crippen LogP contribution in [0.25, 0.3) is 11.4 Å². The molecule has 66 valence electrons. The lowest BCUT2D eigenvalue weighted by molar-refractivity contribution is 1.31. The van der Waals surface area contributed by atoms with E-state index in [9.17, 15) is 0 Å². The van der Waals surface area contributed by atoms with Crippen LogP contribution < -0.4 is 0 Å². The third-order valence-corrected chi connectivity index (χ3v) is 2.31. The van der Waals surface area contributed by atoms with Crippen molar-refractivity contribution in [2.45, 2.75) is 0 Å². The van der Waals surface area contributed by atoms with Crippen LogP contribution in [0.3, 0.4) is 0 Å². The number of nitrogens with one attached hydrogen (secondary N) is 1. The number of H-pyrrole nitrogens is 1. The quantitative estimate of drug-likeness (QED) is 0.832. The van der Waals surface area contributed by atoms with Crippen molar-refractivity contribution in [3.63, 3.8) is 0 Å². The Morgan fingerprint density at radius 3 is 2.77 bits per heavy atom. The molecular formula is C9H6BrClN2. The summed E-state index contributed by atoms with van der Waals surface area (Å²) < 4.78 is 0.950. The van der Waals surface area contributed by atoms with Gasteiger partial charge in [0.25, 0.3) is 0 Å². The van der Waals surface area contributed by atoms with Crippen molar-refractivity contribution in [1.82, 2.24) is 9.97 Å². The lowest BCUT2D eigenvalue weighted by Crippen LogP contribution is -1.80. The van der Waals surface area contributed by atoms with Crippen molar-refractivity contribution >= 4 is 27.5 Å². The minimum atomic E-state index is 0.695. The van der Waals surface area contributed by atoms with Crippen molar-refractivity contribution in [1.29, 1.82) is 0 Å². The van der Waals surface area contributed by atoms with E-state index >= 15 is 0 Å². The Kier molecular flexibility index (Phi) is 2.38. The van der Waals surface area contributed by atoms with E-state index in [-0.39, 0.29) is 0 Å². The Bertz CT molecular complexity index is 391. The Hall–Kier alpha value is -0.800. The fourth-order valence-corrected chi connectivity index (χ4v) is 1.97. The van der Waals surface area contributed by atoms with Gasteiger partial charge in [0.2, 0.25) is 0 Å². The van der Waals surface area contributed by atoms with Gasteiger partial charge in [-0.05, 0) is 18.2 Å². The van der Waals surface area contributed by atoms with Crippen LogP contribution in [0.5, 0.6) is 0 Å². The standard InChI is InChI=1S/C9H6BrClN2/c10-7-3-6(4-8(11)5-7)9-12-1-2-13-9/h1-5H,(H,12,13). The molecule has 0 unspecified atom stereocenters. The maximum Gasteiger partial charge on any atom is 0.137 e. The van der Waals surface area contributed by atoms with Crippen LogP contribution in [-0.4, -0.2) is 9.97 Å². The van der Waals surface area contributed by atoms with Crippen molar-refractivity contribution in [2.24, 2.45) is 0 Å². The maximum atomic E-state index is 5.90. The zero-order chi connectivity index (χ0) is 9.26. The van der Waals surface area contributed by atoms with Crippen LogP contribution in [0.15, 0.2) is 35.1 Å². The van der Waals surface area contributed by atoms with Crippen LogP contribution in [-0.2, 0) is 0 Å². The molecule has 0 amide bonds. The summed E-state index contributed by atoms with van der Waals surface area (Å²) in [5.41, 5.74) is 0.976. The van der Waals surface area contributed by atoms with Crippen LogP contribution in [0.2, 0.25) is 5.02 Å². The topological polar surface area (TPSA) is 28.7 Å². The normalized spacial score (nSPS) is 10.3. The van der Waals surface area contributed by atoms with Gasteiger partial charge in [-0.3, -0.25) is 0 Å². The van der Waals surface area contributed by atoms with Crippen LogP contribution in [0, 0.1) is 0 Å². The molecule has 2 nitrogen and oxygen atoms in total. The summed E-state index contributed by atoms with van der Waals surface area (Å²) in [5, 5.41) is 0.695. The second-order valence-electron chi connectivity index (χ2n) is 2.60. The summed E-state index contributed by atoms with van der Waals surface area (Å²) >= 11 is 9.27. The number of imidazole rings is 1. The predicted molar refractivity (Wildman–Crippen MR) is 56.7 cm³/mol. The van der Waals surface area contributed by atoms with E-state index in [0.29, 0.717) is 5.02 Å². The minimum absolute atomic E-state index is 0.695. The molecule has 2 rings (SSSR count). The third kappa shape index (κ3) is 1.92. The van der Waals surface area contributed by atoms with Gasteiger partial charge in [0.05, 0.1) is 0 Å².